The third-order valence-corrected chi connectivity index (χ3v) is 3.06. The highest BCUT2D eigenvalue weighted by molar-refractivity contribution is 5.74. The molecule has 0 fully saturated rings. The Labute approximate surface area is 112 Å². The molecule has 0 bridgehead atoms. The minimum Gasteiger partial charge on any atom is -0.481 e. The lowest BCUT2D eigenvalue weighted by Gasteiger charge is -2.09. The Morgan fingerprint density at radius 3 is 2.68 bits per heavy atom. The molecule has 7 heteroatoms. The maximum Gasteiger partial charge on any atom is 0.315 e. The van der Waals surface area contributed by atoms with Gasteiger partial charge in [-0.05, 0) is 13.3 Å². The predicted octanol–water partition coefficient (Wildman–Crippen LogP) is 0.639. The molecule has 3 N–H and O–H groups in total. The van der Waals surface area contributed by atoms with Gasteiger partial charge in [-0.2, -0.15) is 5.10 Å². The van der Waals surface area contributed by atoms with Crippen LogP contribution >= 0.6 is 0 Å². The number of carboxylic acid groups (broad SMARTS) is 1. The predicted molar refractivity (Wildman–Crippen MR) is 69.6 cm³/mol. The Bertz CT molecular complexity index is 456. The smallest absolute Gasteiger partial charge is 0.315 e. The Balaban J connectivity index is 2.25. The number of hydrogen-bond donors (Lipinski definition) is 3. The minimum absolute atomic E-state index is 0.305. The molecule has 106 valence electrons. The van der Waals surface area contributed by atoms with Crippen molar-refractivity contribution < 1.29 is 14.7 Å². The number of carbonyl (C=O) groups is 2. The number of nitrogens with zero attached hydrogens (tertiary/aromatic N) is 2. The summed E-state index contributed by atoms with van der Waals surface area (Å²) < 4.78 is 1.74. The van der Waals surface area contributed by atoms with Gasteiger partial charge in [0.2, 0.25) is 0 Å². The zero-order valence-electron chi connectivity index (χ0n) is 11.4. The van der Waals surface area contributed by atoms with Crippen molar-refractivity contribution in [2.45, 2.75) is 26.8 Å². The second-order valence-corrected chi connectivity index (χ2v) is 4.52. The zero-order chi connectivity index (χ0) is 14.4. The summed E-state index contributed by atoms with van der Waals surface area (Å²) in [6, 6.07) is -0.305. The topological polar surface area (TPSA) is 96.2 Å². The Kier molecular flexibility index (Phi) is 5.35. The standard InChI is InChI=1S/C12H20N4O3/c1-8(11(17)18)4-5-13-12(19)14-6-10-7-15-16(3)9(10)2/h7-8H,4-6H2,1-3H3,(H,17,18)(H2,13,14,19). The van der Waals surface area contributed by atoms with Crippen LogP contribution in [-0.2, 0) is 18.4 Å². The number of hydrogen-bond acceptors (Lipinski definition) is 3. The van der Waals surface area contributed by atoms with E-state index in [1.54, 1.807) is 17.8 Å². The number of amides is 2. The van der Waals surface area contributed by atoms with Crippen LogP contribution < -0.4 is 10.6 Å². The lowest BCUT2D eigenvalue weighted by Crippen LogP contribution is -2.36. The van der Waals surface area contributed by atoms with Gasteiger partial charge in [0.1, 0.15) is 0 Å². The van der Waals surface area contributed by atoms with Crippen molar-refractivity contribution in [1.29, 1.82) is 0 Å². The van der Waals surface area contributed by atoms with Gasteiger partial charge < -0.3 is 15.7 Å². The molecular weight excluding hydrogens is 248 g/mol. The molecule has 0 saturated heterocycles. The maximum absolute atomic E-state index is 11.5. The molecule has 1 aromatic rings. The number of carboxylic acids is 1. The van der Waals surface area contributed by atoms with Crippen molar-refractivity contribution in [2.75, 3.05) is 6.54 Å². The largest absolute Gasteiger partial charge is 0.481 e. The van der Waals surface area contributed by atoms with Crippen LogP contribution in [-0.4, -0.2) is 33.4 Å². The SMILES string of the molecule is Cc1c(CNC(=O)NCCC(C)C(=O)O)cnn1C. The van der Waals surface area contributed by atoms with E-state index in [-0.39, 0.29) is 6.03 Å². The summed E-state index contributed by atoms with van der Waals surface area (Å²) in [4.78, 5) is 22.1. The molecule has 1 aromatic heterocycles. The molecule has 0 radical (unpaired) electrons. The highest BCUT2D eigenvalue weighted by Crippen LogP contribution is 2.04. The van der Waals surface area contributed by atoms with Crippen molar-refractivity contribution in [3.8, 4) is 0 Å². The van der Waals surface area contributed by atoms with E-state index in [0.717, 1.165) is 11.3 Å². The van der Waals surface area contributed by atoms with Crippen molar-refractivity contribution in [2.24, 2.45) is 13.0 Å². The maximum atomic E-state index is 11.5. The number of urea groups is 1. The summed E-state index contributed by atoms with van der Waals surface area (Å²) in [5.74, 6) is -1.31. The highest BCUT2D eigenvalue weighted by atomic mass is 16.4. The summed E-state index contributed by atoms with van der Waals surface area (Å²) in [5.41, 5.74) is 1.95. The second kappa shape index (κ2) is 6.77. The summed E-state index contributed by atoms with van der Waals surface area (Å²) in [6.07, 6.45) is 2.12. The number of aromatic nitrogens is 2. The molecule has 7 nitrogen and oxygen atoms in total. The van der Waals surface area contributed by atoms with Gasteiger partial charge in [-0.3, -0.25) is 9.48 Å². The summed E-state index contributed by atoms with van der Waals surface area (Å²) in [7, 11) is 1.84. The van der Waals surface area contributed by atoms with E-state index in [1.165, 1.54) is 0 Å². The number of rotatable bonds is 6. The first-order chi connectivity index (χ1) is 8.91. The van der Waals surface area contributed by atoms with Gasteiger partial charge in [0.05, 0.1) is 12.1 Å². The van der Waals surface area contributed by atoms with Crippen LogP contribution in [0.25, 0.3) is 0 Å². The fraction of sp³-hybridized carbons (Fsp3) is 0.583. The fourth-order valence-electron chi connectivity index (χ4n) is 1.48. The van der Waals surface area contributed by atoms with Crippen molar-refractivity contribution in [3.05, 3.63) is 17.5 Å². The van der Waals surface area contributed by atoms with Crippen molar-refractivity contribution in [3.63, 3.8) is 0 Å². The summed E-state index contributed by atoms with van der Waals surface area (Å²) in [6.45, 7) is 4.28. The molecule has 0 aliphatic heterocycles. The summed E-state index contributed by atoms with van der Waals surface area (Å²) in [5, 5.41) is 18.1. The van der Waals surface area contributed by atoms with E-state index in [1.807, 2.05) is 14.0 Å². The first-order valence-electron chi connectivity index (χ1n) is 6.13. The van der Waals surface area contributed by atoms with Gasteiger partial charge in [0, 0.05) is 31.4 Å². The van der Waals surface area contributed by atoms with Crippen molar-refractivity contribution in [1.82, 2.24) is 20.4 Å². The number of carbonyl (C=O) groups excluding carboxylic acids is 1. The van der Waals surface area contributed by atoms with Crippen LogP contribution in [0.2, 0.25) is 0 Å². The van der Waals surface area contributed by atoms with Crippen LogP contribution in [0.3, 0.4) is 0 Å². The number of nitrogens with one attached hydrogen (secondary N) is 2. The van der Waals surface area contributed by atoms with Gasteiger partial charge in [-0.25, -0.2) is 4.79 Å². The van der Waals surface area contributed by atoms with Crippen LogP contribution in [0.1, 0.15) is 24.6 Å². The Hall–Kier alpha value is -2.05. The van der Waals surface area contributed by atoms with Crippen LogP contribution in [0.5, 0.6) is 0 Å². The van der Waals surface area contributed by atoms with Gasteiger partial charge in [0.25, 0.3) is 0 Å². The summed E-state index contributed by atoms with van der Waals surface area (Å²) >= 11 is 0. The van der Waals surface area contributed by atoms with Crippen LogP contribution in [0.4, 0.5) is 4.79 Å². The molecule has 0 aliphatic rings. The first-order valence-corrected chi connectivity index (χ1v) is 6.13. The molecule has 0 aromatic carbocycles. The first kappa shape index (κ1) is 15.0. The number of aryl methyl sites for hydroxylation is 1. The Morgan fingerprint density at radius 1 is 1.47 bits per heavy atom. The molecule has 0 aliphatic carbocycles. The normalized spacial score (nSPS) is 11.9. The molecule has 0 spiro atoms. The molecule has 0 saturated carbocycles. The van der Waals surface area contributed by atoms with E-state index >= 15 is 0 Å². The molecule has 1 rings (SSSR count). The highest BCUT2D eigenvalue weighted by Gasteiger charge is 2.11. The van der Waals surface area contributed by atoms with Gasteiger partial charge in [-0.1, -0.05) is 6.92 Å². The number of aliphatic carboxylic acids is 1. The fourth-order valence-corrected chi connectivity index (χ4v) is 1.48. The zero-order valence-corrected chi connectivity index (χ0v) is 11.4. The van der Waals surface area contributed by atoms with Gasteiger partial charge >= 0.3 is 12.0 Å². The van der Waals surface area contributed by atoms with Crippen LogP contribution in [0.15, 0.2) is 6.20 Å². The molecule has 1 atom stereocenters. The quantitative estimate of drug-likeness (QED) is 0.705. The van der Waals surface area contributed by atoms with E-state index in [2.05, 4.69) is 15.7 Å². The monoisotopic (exact) mass is 268 g/mol. The average Bonchev–Trinajstić information content (AvgIpc) is 2.67. The third-order valence-electron chi connectivity index (χ3n) is 3.06. The minimum atomic E-state index is -0.854. The van der Waals surface area contributed by atoms with Crippen molar-refractivity contribution >= 4 is 12.0 Å². The second-order valence-electron chi connectivity index (χ2n) is 4.52. The van der Waals surface area contributed by atoms with E-state index in [9.17, 15) is 9.59 Å². The molecule has 19 heavy (non-hydrogen) atoms. The molecular formula is C12H20N4O3. The van der Waals surface area contributed by atoms with E-state index in [0.29, 0.717) is 19.5 Å². The van der Waals surface area contributed by atoms with Gasteiger partial charge in [0.15, 0.2) is 0 Å². The van der Waals surface area contributed by atoms with E-state index < -0.39 is 11.9 Å². The Morgan fingerprint density at radius 2 is 2.16 bits per heavy atom. The van der Waals surface area contributed by atoms with E-state index in [4.69, 9.17) is 5.11 Å². The van der Waals surface area contributed by atoms with Crippen LogP contribution in [0, 0.1) is 12.8 Å². The third kappa shape index (κ3) is 4.61. The molecule has 1 heterocycles. The lowest BCUT2D eigenvalue weighted by molar-refractivity contribution is -0.141. The lowest BCUT2D eigenvalue weighted by atomic mass is 10.1. The molecule has 2 amide bonds. The average molecular weight is 268 g/mol. The molecule has 1 unspecified atom stereocenters. The van der Waals surface area contributed by atoms with Gasteiger partial charge in [-0.15, -0.1) is 0 Å².